The maximum absolute atomic E-state index is 13.1. The molecule has 10 heteroatoms. The normalized spacial score (nSPS) is 17.5. The number of nitrogens with zero attached hydrogens (tertiary/aromatic N) is 4. The van der Waals surface area contributed by atoms with Crippen LogP contribution in [0.2, 0.25) is 0 Å². The molecule has 2 aliphatic rings. The summed E-state index contributed by atoms with van der Waals surface area (Å²) in [5, 5.41) is 7.82. The topological polar surface area (TPSA) is 106 Å². The number of ether oxygens (including phenoxy) is 2. The summed E-state index contributed by atoms with van der Waals surface area (Å²) in [7, 11) is 2.04. The summed E-state index contributed by atoms with van der Waals surface area (Å²) >= 11 is 0. The molecule has 0 spiro atoms. The van der Waals surface area contributed by atoms with Crippen molar-refractivity contribution in [3.8, 4) is 0 Å². The van der Waals surface area contributed by atoms with Gasteiger partial charge in [0.05, 0.1) is 29.1 Å². The number of rotatable bonds is 7. The highest BCUT2D eigenvalue weighted by molar-refractivity contribution is 5.98. The minimum absolute atomic E-state index is 0.0679. The second-order valence-electron chi connectivity index (χ2n) is 11.5. The first-order valence-electron chi connectivity index (χ1n) is 14.4. The average molecular weight is 554 g/mol. The van der Waals surface area contributed by atoms with Crippen LogP contribution in [0.25, 0.3) is 0 Å². The average Bonchev–Trinajstić information content (AvgIpc) is 3.27. The number of carbonyl (C=O) groups is 3. The van der Waals surface area contributed by atoms with Gasteiger partial charge in [-0.05, 0) is 50.9 Å². The Morgan fingerprint density at radius 2 is 1.82 bits per heavy atom. The van der Waals surface area contributed by atoms with Crippen LogP contribution in [0.3, 0.4) is 0 Å². The van der Waals surface area contributed by atoms with Crippen LogP contribution >= 0.6 is 0 Å². The minimum Gasteiger partial charge on any atom is -0.461 e. The monoisotopic (exact) mass is 553 g/mol. The van der Waals surface area contributed by atoms with Gasteiger partial charge in [-0.15, -0.1) is 0 Å². The Kier molecular flexibility index (Phi) is 9.97. The molecule has 1 aromatic carbocycles. The lowest BCUT2D eigenvalue weighted by atomic mass is 9.94. The zero-order chi connectivity index (χ0) is 28.7. The van der Waals surface area contributed by atoms with E-state index in [-0.39, 0.29) is 18.4 Å². The van der Waals surface area contributed by atoms with E-state index in [0.717, 1.165) is 37.3 Å². The third-order valence-electron chi connectivity index (χ3n) is 7.45. The molecule has 0 atom stereocenters. The number of likely N-dealkylation sites (N-methyl/N-ethyl adjacent to an activating group) is 1. The zero-order valence-corrected chi connectivity index (χ0v) is 24.3. The van der Waals surface area contributed by atoms with Gasteiger partial charge in [-0.3, -0.25) is 14.3 Å². The van der Waals surface area contributed by atoms with Gasteiger partial charge in [-0.2, -0.15) is 5.10 Å². The standard InChI is InChI=1S/C30H43N5O5/c1-5-24-26-25(11-7-17-39-18-8-12-31-27(26)36)35(32-24)20-30(2,3)21-40-29(38)23-10-6-9-22(19-23)28(37)34-15-13-33(4)14-16-34/h6,9-10,19H,5,7-8,11-18,20-21H2,1-4H3,(H,31,36). The van der Waals surface area contributed by atoms with Crippen molar-refractivity contribution >= 4 is 17.8 Å². The fourth-order valence-corrected chi connectivity index (χ4v) is 5.12. The minimum atomic E-state index is -0.466. The lowest BCUT2D eigenvalue weighted by molar-refractivity contribution is 0.0304. The number of fused-ring (bicyclic) bond motifs is 1. The second-order valence-corrected chi connectivity index (χ2v) is 11.5. The van der Waals surface area contributed by atoms with E-state index >= 15 is 0 Å². The third kappa shape index (κ3) is 7.48. The van der Waals surface area contributed by atoms with Crippen molar-refractivity contribution in [2.75, 3.05) is 59.6 Å². The Bertz CT molecular complexity index is 1200. The highest BCUT2D eigenvalue weighted by Gasteiger charge is 2.28. The predicted octanol–water partition coefficient (Wildman–Crippen LogP) is 2.80. The van der Waals surface area contributed by atoms with Gasteiger partial charge in [-0.1, -0.05) is 26.8 Å². The molecule has 0 aliphatic carbocycles. The van der Waals surface area contributed by atoms with Crippen molar-refractivity contribution in [1.82, 2.24) is 24.9 Å². The molecule has 0 unspecified atom stereocenters. The molecule has 2 amide bonds. The highest BCUT2D eigenvalue weighted by atomic mass is 16.5. The molecule has 40 heavy (non-hydrogen) atoms. The van der Waals surface area contributed by atoms with E-state index in [1.54, 1.807) is 24.3 Å². The first kappa shape index (κ1) is 29.7. The van der Waals surface area contributed by atoms with E-state index in [1.165, 1.54) is 0 Å². The molecule has 4 rings (SSSR count). The summed E-state index contributed by atoms with van der Waals surface area (Å²) in [4.78, 5) is 43.1. The van der Waals surface area contributed by atoms with Gasteiger partial charge in [0.2, 0.25) is 0 Å². The van der Waals surface area contributed by atoms with Crippen LogP contribution < -0.4 is 5.32 Å². The summed E-state index contributed by atoms with van der Waals surface area (Å²) in [6.45, 7) is 11.5. The second kappa shape index (κ2) is 13.4. The molecule has 218 valence electrons. The highest BCUT2D eigenvalue weighted by Crippen LogP contribution is 2.25. The van der Waals surface area contributed by atoms with Crippen LogP contribution in [-0.2, 0) is 28.9 Å². The number of piperazine rings is 1. The van der Waals surface area contributed by atoms with E-state index in [4.69, 9.17) is 14.6 Å². The van der Waals surface area contributed by atoms with Gasteiger partial charge in [-0.25, -0.2) is 4.79 Å². The van der Waals surface area contributed by atoms with Gasteiger partial charge in [0.15, 0.2) is 0 Å². The number of amides is 2. The number of carbonyl (C=O) groups excluding carboxylic acids is 3. The molecule has 2 aliphatic heterocycles. The molecule has 1 fully saturated rings. The first-order chi connectivity index (χ1) is 19.2. The van der Waals surface area contributed by atoms with Crippen LogP contribution in [0.4, 0.5) is 0 Å². The number of hydrogen-bond donors (Lipinski definition) is 1. The lowest BCUT2D eigenvalue weighted by Gasteiger charge is -2.32. The molecule has 0 saturated carbocycles. The number of benzene rings is 1. The smallest absolute Gasteiger partial charge is 0.338 e. The maximum atomic E-state index is 13.1. The molecule has 1 aromatic heterocycles. The van der Waals surface area contributed by atoms with Gasteiger partial charge < -0.3 is 24.6 Å². The molecule has 1 N–H and O–H groups in total. The fraction of sp³-hybridized carbons (Fsp3) is 0.600. The number of aryl methyl sites for hydroxylation is 1. The number of aromatic nitrogens is 2. The maximum Gasteiger partial charge on any atom is 0.338 e. The largest absolute Gasteiger partial charge is 0.461 e. The van der Waals surface area contributed by atoms with Crippen molar-refractivity contribution in [1.29, 1.82) is 0 Å². The summed E-state index contributed by atoms with van der Waals surface area (Å²) in [6, 6.07) is 6.76. The molecule has 3 heterocycles. The third-order valence-corrected chi connectivity index (χ3v) is 7.45. The van der Waals surface area contributed by atoms with Crippen molar-refractivity contribution < 1.29 is 23.9 Å². The van der Waals surface area contributed by atoms with Crippen LogP contribution in [0.1, 0.15) is 76.1 Å². The summed E-state index contributed by atoms with van der Waals surface area (Å²) in [5.74, 6) is -0.622. The molecular weight excluding hydrogens is 510 g/mol. The summed E-state index contributed by atoms with van der Waals surface area (Å²) in [6.07, 6.45) is 2.91. The van der Waals surface area contributed by atoms with Crippen molar-refractivity contribution in [2.45, 2.75) is 53.0 Å². The fourth-order valence-electron chi connectivity index (χ4n) is 5.12. The zero-order valence-electron chi connectivity index (χ0n) is 24.3. The number of hydrogen-bond acceptors (Lipinski definition) is 7. The van der Waals surface area contributed by atoms with Gasteiger partial charge in [0.25, 0.3) is 11.8 Å². The van der Waals surface area contributed by atoms with Gasteiger partial charge >= 0.3 is 5.97 Å². The molecule has 0 bridgehead atoms. The molecule has 1 saturated heterocycles. The molecular formula is C30H43N5O5. The van der Waals surface area contributed by atoms with Gasteiger partial charge in [0.1, 0.15) is 0 Å². The molecule has 2 aromatic rings. The quantitative estimate of drug-likeness (QED) is 0.526. The van der Waals surface area contributed by atoms with Gasteiger partial charge in [0, 0.05) is 63.5 Å². The van der Waals surface area contributed by atoms with Crippen molar-refractivity contribution in [2.24, 2.45) is 5.41 Å². The van der Waals surface area contributed by atoms with Crippen LogP contribution in [0.5, 0.6) is 0 Å². The van der Waals surface area contributed by atoms with E-state index in [2.05, 4.69) is 10.2 Å². The number of nitrogens with one attached hydrogen (secondary N) is 1. The van der Waals surface area contributed by atoms with E-state index < -0.39 is 11.4 Å². The van der Waals surface area contributed by atoms with Crippen molar-refractivity contribution in [3.05, 3.63) is 52.3 Å². The lowest BCUT2D eigenvalue weighted by Crippen LogP contribution is -2.47. The Hall–Kier alpha value is -3.24. The molecule has 0 radical (unpaired) electrons. The van der Waals surface area contributed by atoms with Crippen LogP contribution in [0, 0.1) is 5.41 Å². The van der Waals surface area contributed by atoms with Crippen LogP contribution in [-0.4, -0.2) is 97.0 Å². The first-order valence-corrected chi connectivity index (χ1v) is 14.4. The van der Waals surface area contributed by atoms with E-state index in [0.29, 0.717) is 68.9 Å². The van der Waals surface area contributed by atoms with E-state index in [1.807, 2.05) is 37.4 Å². The van der Waals surface area contributed by atoms with E-state index in [9.17, 15) is 14.4 Å². The predicted molar refractivity (Wildman–Crippen MR) is 152 cm³/mol. The summed E-state index contributed by atoms with van der Waals surface area (Å²) < 4.78 is 13.4. The van der Waals surface area contributed by atoms with Crippen LogP contribution in [0.15, 0.2) is 24.3 Å². The Morgan fingerprint density at radius 1 is 1.10 bits per heavy atom. The molecule has 10 nitrogen and oxygen atoms in total. The Labute approximate surface area is 237 Å². The van der Waals surface area contributed by atoms with Crippen molar-refractivity contribution in [3.63, 3.8) is 0 Å². The Morgan fingerprint density at radius 3 is 2.58 bits per heavy atom. The Balaban J connectivity index is 1.43. The SMILES string of the molecule is CCc1nn(CC(C)(C)COC(=O)c2cccc(C(=O)N3CCN(C)CC3)c2)c2c1C(=O)NCCCOCCC2. The summed E-state index contributed by atoms with van der Waals surface area (Å²) in [5.41, 5.74) is 2.74. The number of esters is 1.